The number of rotatable bonds is 7. The van der Waals surface area contributed by atoms with Crippen LogP contribution in [0.4, 0.5) is 5.69 Å². The Hall–Kier alpha value is -2.42. The summed E-state index contributed by atoms with van der Waals surface area (Å²) in [7, 11) is -3.53. The van der Waals surface area contributed by atoms with E-state index in [0.717, 1.165) is 33.6 Å². The van der Waals surface area contributed by atoms with Crippen molar-refractivity contribution in [3.63, 3.8) is 0 Å². The third kappa shape index (κ3) is 4.52. The maximum absolute atomic E-state index is 13.1. The van der Waals surface area contributed by atoms with Crippen molar-refractivity contribution >= 4 is 44.3 Å². The van der Waals surface area contributed by atoms with Gasteiger partial charge in [0.2, 0.25) is 15.9 Å². The lowest BCUT2D eigenvalue weighted by Crippen LogP contribution is -2.35. The molecule has 6 nitrogen and oxygen atoms in total. The predicted molar refractivity (Wildman–Crippen MR) is 134 cm³/mol. The zero-order valence-corrected chi connectivity index (χ0v) is 21.0. The first-order valence-electron chi connectivity index (χ1n) is 11.2. The Kier molecular flexibility index (Phi) is 6.79. The van der Waals surface area contributed by atoms with Crippen LogP contribution < -0.4 is 4.90 Å². The van der Waals surface area contributed by atoms with Crippen LogP contribution in [0.3, 0.4) is 0 Å². The number of aryl methyl sites for hydroxylation is 1. The molecule has 1 aliphatic heterocycles. The number of hydrogen-bond donors (Lipinski definition) is 0. The summed E-state index contributed by atoms with van der Waals surface area (Å²) >= 11 is 1.44. The van der Waals surface area contributed by atoms with Crippen molar-refractivity contribution < 1.29 is 13.2 Å². The monoisotopic (exact) mass is 483 g/mol. The van der Waals surface area contributed by atoms with Crippen LogP contribution in [0.25, 0.3) is 10.9 Å². The number of sulfonamides is 1. The largest absolute Gasteiger partial charge is 0.311 e. The van der Waals surface area contributed by atoms with Crippen LogP contribution >= 0.6 is 11.8 Å². The number of thioether (sulfide) groups is 1. The number of benzene rings is 2. The van der Waals surface area contributed by atoms with E-state index in [0.29, 0.717) is 19.6 Å². The van der Waals surface area contributed by atoms with Gasteiger partial charge in [-0.15, -0.1) is 0 Å². The van der Waals surface area contributed by atoms with E-state index in [-0.39, 0.29) is 16.1 Å². The van der Waals surface area contributed by atoms with E-state index in [1.807, 2.05) is 56.9 Å². The SMILES string of the molecule is CCN(CC)S(=O)(=O)c1ccc2nc(S[C@H](C)C(=O)N3CCc4ccccc43)cc(C)c2c1. The van der Waals surface area contributed by atoms with Gasteiger partial charge in [-0.25, -0.2) is 13.4 Å². The molecule has 1 atom stereocenters. The third-order valence-corrected chi connectivity index (χ3v) is 9.16. The standard InChI is InChI=1S/C25H29N3O3S2/c1-5-27(6-2)33(30,31)20-11-12-22-21(16-20)17(3)15-24(26-22)32-18(4)25(29)28-14-13-19-9-7-8-10-23(19)28/h7-12,15-16,18H,5-6,13-14H2,1-4H3/t18-/m1/s1. The van der Waals surface area contributed by atoms with Gasteiger partial charge in [-0.2, -0.15) is 4.31 Å². The predicted octanol–water partition coefficient (Wildman–Crippen LogP) is 4.64. The van der Waals surface area contributed by atoms with E-state index in [1.54, 1.807) is 18.2 Å². The van der Waals surface area contributed by atoms with Crippen LogP contribution in [0, 0.1) is 6.92 Å². The molecule has 0 saturated carbocycles. The molecule has 0 spiro atoms. The average Bonchev–Trinajstić information content (AvgIpc) is 3.23. The molecule has 4 rings (SSSR count). The smallest absolute Gasteiger partial charge is 0.243 e. The van der Waals surface area contributed by atoms with Gasteiger partial charge in [-0.05, 0) is 61.7 Å². The van der Waals surface area contributed by atoms with Crippen molar-refractivity contribution in [3.8, 4) is 0 Å². The molecule has 8 heteroatoms. The molecule has 1 amide bonds. The second-order valence-corrected chi connectivity index (χ2v) is 11.5. The summed E-state index contributed by atoms with van der Waals surface area (Å²) in [5, 5.41) is 1.27. The number of carbonyl (C=O) groups is 1. The molecule has 0 radical (unpaired) electrons. The zero-order chi connectivity index (χ0) is 23.8. The second-order valence-electron chi connectivity index (χ2n) is 8.17. The highest BCUT2D eigenvalue weighted by Crippen LogP contribution is 2.33. The van der Waals surface area contributed by atoms with Crippen molar-refractivity contribution in [1.29, 1.82) is 0 Å². The summed E-state index contributed by atoms with van der Waals surface area (Å²) in [6.07, 6.45) is 0.880. The van der Waals surface area contributed by atoms with Crippen LogP contribution in [0.2, 0.25) is 0 Å². The molecule has 2 heterocycles. The normalized spacial score (nSPS) is 14.6. The van der Waals surface area contributed by atoms with Gasteiger partial charge < -0.3 is 4.90 Å². The van der Waals surface area contributed by atoms with Crippen molar-refractivity contribution in [2.45, 2.75) is 49.3 Å². The second kappa shape index (κ2) is 9.44. The van der Waals surface area contributed by atoms with Crippen molar-refractivity contribution in [2.24, 2.45) is 0 Å². The Morgan fingerprint density at radius 3 is 2.61 bits per heavy atom. The molecule has 0 N–H and O–H groups in total. The quantitative estimate of drug-likeness (QED) is 0.458. The fourth-order valence-electron chi connectivity index (χ4n) is 4.29. The fourth-order valence-corrected chi connectivity index (χ4v) is 6.76. The summed E-state index contributed by atoms with van der Waals surface area (Å²) in [5.74, 6) is 0.0742. The lowest BCUT2D eigenvalue weighted by molar-refractivity contribution is -0.117. The lowest BCUT2D eigenvalue weighted by atomic mass is 10.1. The van der Waals surface area contributed by atoms with Gasteiger partial charge in [0.1, 0.15) is 0 Å². The molecule has 0 saturated heterocycles. The van der Waals surface area contributed by atoms with Crippen molar-refractivity contribution in [3.05, 3.63) is 59.7 Å². The molecule has 174 valence electrons. The molecule has 2 aromatic carbocycles. The van der Waals surface area contributed by atoms with Gasteiger partial charge >= 0.3 is 0 Å². The molecule has 1 aromatic heterocycles. The molecular formula is C25H29N3O3S2. The van der Waals surface area contributed by atoms with Crippen LogP contribution in [-0.4, -0.2) is 48.5 Å². The minimum atomic E-state index is -3.53. The van der Waals surface area contributed by atoms with Gasteiger partial charge in [-0.3, -0.25) is 4.79 Å². The van der Waals surface area contributed by atoms with Crippen LogP contribution in [0.5, 0.6) is 0 Å². The summed E-state index contributed by atoms with van der Waals surface area (Å²) < 4.78 is 27.3. The average molecular weight is 484 g/mol. The summed E-state index contributed by atoms with van der Waals surface area (Å²) in [5.41, 5.74) is 3.87. The Morgan fingerprint density at radius 1 is 1.15 bits per heavy atom. The summed E-state index contributed by atoms with van der Waals surface area (Å²) in [4.78, 5) is 20.0. The summed E-state index contributed by atoms with van der Waals surface area (Å²) in [6.45, 7) is 9.09. The maximum Gasteiger partial charge on any atom is 0.243 e. The molecule has 1 aliphatic rings. The minimum absolute atomic E-state index is 0.0742. The van der Waals surface area contributed by atoms with Gasteiger partial charge in [0.05, 0.1) is 20.7 Å². The van der Waals surface area contributed by atoms with E-state index >= 15 is 0 Å². The van der Waals surface area contributed by atoms with E-state index in [2.05, 4.69) is 6.07 Å². The number of para-hydroxylation sites is 1. The number of fused-ring (bicyclic) bond motifs is 2. The number of carbonyl (C=O) groups excluding carboxylic acids is 1. The number of amides is 1. The molecule has 33 heavy (non-hydrogen) atoms. The number of aromatic nitrogens is 1. The highest BCUT2D eigenvalue weighted by molar-refractivity contribution is 8.00. The first-order valence-corrected chi connectivity index (χ1v) is 13.6. The first-order chi connectivity index (χ1) is 15.8. The van der Waals surface area contributed by atoms with Crippen LogP contribution in [0.15, 0.2) is 58.5 Å². The van der Waals surface area contributed by atoms with Crippen LogP contribution in [-0.2, 0) is 21.2 Å². The highest BCUT2D eigenvalue weighted by atomic mass is 32.2. The van der Waals surface area contributed by atoms with Gasteiger partial charge in [0.25, 0.3) is 0 Å². The Bertz CT molecular complexity index is 1300. The molecular weight excluding hydrogens is 454 g/mol. The number of nitrogens with zero attached hydrogens (tertiary/aromatic N) is 3. The van der Waals surface area contributed by atoms with Gasteiger partial charge in [0, 0.05) is 30.7 Å². The summed E-state index contributed by atoms with van der Waals surface area (Å²) in [6, 6.07) is 15.1. The molecule has 0 fully saturated rings. The van der Waals surface area contributed by atoms with E-state index in [9.17, 15) is 13.2 Å². The van der Waals surface area contributed by atoms with E-state index in [1.165, 1.54) is 21.6 Å². The Morgan fingerprint density at radius 2 is 1.88 bits per heavy atom. The first kappa shape index (κ1) is 23.7. The molecule has 0 bridgehead atoms. The number of hydrogen-bond acceptors (Lipinski definition) is 5. The number of anilines is 1. The fraction of sp³-hybridized carbons (Fsp3) is 0.360. The van der Waals surface area contributed by atoms with Crippen molar-refractivity contribution in [2.75, 3.05) is 24.5 Å². The van der Waals surface area contributed by atoms with Crippen molar-refractivity contribution in [1.82, 2.24) is 9.29 Å². The maximum atomic E-state index is 13.1. The van der Waals surface area contributed by atoms with Gasteiger partial charge in [0.15, 0.2) is 0 Å². The minimum Gasteiger partial charge on any atom is -0.311 e. The molecule has 0 unspecified atom stereocenters. The lowest BCUT2D eigenvalue weighted by Gasteiger charge is -2.21. The molecule has 3 aromatic rings. The Balaban J connectivity index is 1.58. The zero-order valence-electron chi connectivity index (χ0n) is 19.4. The van der Waals surface area contributed by atoms with Gasteiger partial charge in [-0.1, -0.05) is 43.8 Å². The Labute approximate surface area is 200 Å². The third-order valence-electron chi connectivity index (χ3n) is 6.11. The van der Waals surface area contributed by atoms with E-state index < -0.39 is 10.0 Å². The number of pyridine rings is 1. The topological polar surface area (TPSA) is 70.6 Å². The highest BCUT2D eigenvalue weighted by Gasteiger charge is 2.29. The van der Waals surface area contributed by atoms with E-state index in [4.69, 9.17) is 4.98 Å². The van der Waals surface area contributed by atoms with Crippen LogP contribution in [0.1, 0.15) is 31.9 Å². The molecule has 0 aliphatic carbocycles.